The van der Waals surface area contributed by atoms with Crippen LogP contribution in [0.2, 0.25) is 0 Å². The molecule has 0 spiro atoms. The van der Waals surface area contributed by atoms with E-state index in [1.54, 1.807) is 24.3 Å². The van der Waals surface area contributed by atoms with E-state index in [2.05, 4.69) is 5.32 Å². The van der Waals surface area contributed by atoms with Gasteiger partial charge in [0, 0.05) is 12.5 Å². The highest BCUT2D eigenvalue weighted by Gasteiger charge is 2.57. The Kier molecular flexibility index (Phi) is 5.59. The lowest BCUT2D eigenvalue weighted by Crippen LogP contribution is -2.73. The molecule has 2 aliphatic heterocycles. The van der Waals surface area contributed by atoms with Gasteiger partial charge < -0.3 is 15.2 Å². The van der Waals surface area contributed by atoms with Crippen LogP contribution in [0, 0.1) is 0 Å². The minimum atomic E-state index is -1.65. The van der Waals surface area contributed by atoms with Crippen LogP contribution in [0.4, 0.5) is 0 Å². The molecule has 1 aromatic carbocycles. The molecule has 0 aliphatic carbocycles. The first-order valence-electron chi connectivity index (χ1n) is 8.41. The van der Waals surface area contributed by atoms with E-state index in [0.717, 1.165) is 17.4 Å². The molecule has 0 radical (unpaired) electrons. The maximum absolute atomic E-state index is 12.6. The Morgan fingerprint density at radius 2 is 1.96 bits per heavy atom. The average molecular weight is 406 g/mol. The number of carbonyl (C=O) groups excluding carboxylic acids is 3. The summed E-state index contributed by atoms with van der Waals surface area (Å²) in [5.41, 5.74) is 0.507. The second-order valence-corrected chi connectivity index (χ2v) is 7.90. The van der Waals surface area contributed by atoms with Crippen molar-refractivity contribution in [1.82, 2.24) is 10.2 Å². The van der Waals surface area contributed by atoms with Crippen molar-refractivity contribution in [3.8, 4) is 0 Å². The number of hydrogen-bond donors (Lipinski definition) is 2. The van der Waals surface area contributed by atoms with Crippen molar-refractivity contribution in [2.24, 2.45) is 0 Å². The molecule has 2 N–H and O–H groups in total. The van der Waals surface area contributed by atoms with Crippen molar-refractivity contribution in [2.75, 3.05) is 12.4 Å². The molecule has 2 amide bonds. The van der Waals surface area contributed by atoms with Gasteiger partial charge in [0.25, 0.3) is 5.91 Å². The number of carbonyl (C=O) groups is 4. The molecule has 0 saturated carbocycles. The highest BCUT2D eigenvalue weighted by molar-refractivity contribution is 7.86. The number of carboxylic acids is 1. The Bertz CT molecular complexity index is 896. The number of nitrogens with one attached hydrogen (secondary N) is 1. The molecule has 28 heavy (non-hydrogen) atoms. The Morgan fingerprint density at radius 1 is 1.29 bits per heavy atom. The van der Waals surface area contributed by atoms with Gasteiger partial charge in [-0.25, -0.2) is 4.79 Å². The number of aliphatic carboxylic acids is 1. The van der Waals surface area contributed by atoms with E-state index in [1.165, 1.54) is 0 Å². The molecule has 1 fully saturated rings. The first-order chi connectivity index (χ1) is 13.3. The Labute approximate surface area is 162 Å². The van der Waals surface area contributed by atoms with Crippen molar-refractivity contribution in [2.45, 2.75) is 24.8 Å². The third kappa shape index (κ3) is 3.81. The van der Waals surface area contributed by atoms with Gasteiger partial charge >= 0.3 is 11.9 Å². The zero-order valence-corrected chi connectivity index (χ0v) is 15.7. The lowest BCUT2D eigenvalue weighted by Gasteiger charge is -2.49. The van der Waals surface area contributed by atoms with Crippen molar-refractivity contribution in [3.05, 3.63) is 47.2 Å². The number of nitrogens with zero attached hydrogens (tertiary/aromatic N) is 1. The summed E-state index contributed by atoms with van der Waals surface area (Å²) in [6.45, 7) is 0.806. The normalized spacial score (nSPS) is 23.5. The Morgan fingerprint density at radius 3 is 2.57 bits per heavy atom. The first kappa shape index (κ1) is 19.7. The van der Waals surface area contributed by atoms with Crippen LogP contribution in [0.1, 0.15) is 12.5 Å². The van der Waals surface area contributed by atoms with Crippen LogP contribution in [-0.4, -0.2) is 61.7 Å². The molecule has 2 heterocycles. The molecule has 3 atom stereocenters. The van der Waals surface area contributed by atoms with Crippen LogP contribution in [0.3, 0.4) is 0 Å². The standard InChI is InChI=1S/C18H18N2O7S/c1-10(21)27-8-12-9-28(26)17-14(16(23)20(17)15(12)18(24)25)19-13(22)7-11-5-3-2-4-6-11/h2-6,14,17H,7-9H2,1H3,(H,19,22)(H,24,25). The summed E-state index contributed by atoms with van der Waals surface area (Å²) in [5, 5.41) is 11.1. The maximum atomic E-state index is 12.6. The molecule has 0 bridgehead atoms. The lowest BCUT2D eigenvalue weighted by atomic mass is 10.0. The monoisotopic (exact) mass is 406 g/mol. The predicted molar refractivity (Wildman–Crippen MR) is 97.0 cm³/mol. The van der Waals surface area contributed by atoms with E-state index in [9.17, 15) is 28.5 Å². The number of β-lactam (4-membered cyclic amide) rings is 1. The molecule has 0 aromatic heterocycles. The summed E-state index contributed by atoms with van der Waals surface area (Å²) >= 11 is 0. The van der Waals surface area contributed by atoms with Crippen LogP contribution in [0.25, 0.3) is 0 Å². The number of rotatable bonds is 6. The predicted octanol–water partition coefficient (Wildman–Crippen LogP) is -0.454. The summed E-state index contributed by atoms with van der Waals surface area (Å²) in [6.07, 6.45) is 0.0449. The molecule has 9 nitrogen and oxygen atoms in total. The number of esters is 1. The molecule has 1 saturated heterocycles. The number of hydrogen-bond acceptors (Lipinski definition) is 6. The number of fused-ring (bicyclic) bond motifs is 1. The van der Waals surface area contributed by atoms with Crippen LogP contribution >= 0.6 is 0 Å². The first-order valence-corrected chi connectivity index (χ1v) is 9.80. The second-order valence-electron chi connectivity index (χ2n) is 6.37. The molecule has 148 valence electrons. The molecule has 2 aliphatic rings. The van der Waals surface area contributed by atoms with Gasteiger partial charge in [-0.15, -0.1) is 0 Å². The third-order valence-corrected chi connectivity index (χ3v) is 6.04. The van der Waals surface area contributed by atoms with Gasteiger partial charge in [-0.05, 0) is 5.56 Å². The fourth-order valence-electron chi connectivity index (χ4n) is 3.16. The molecular formula is C18H18N2O7S. The molecule has 1 aromatic rings. The fraction of sp³-hybridized carbons (Fsp3) is 0.333. The van der Waals surface area contributed by atoms with Crippen LogP contribution in [0.5, 0.6) is 0 Å². The largest absolute Gasteiger partial charge is 0.477 e. The Balaban J connectivity index is 1.75. The third-order valence-electron chi connectivity index (χ3n) is 4.38. The van der Waals surface area contributed by atoms with Crippen LogP contribution in [0.15, 0.2) is 41.6 Å². The van der Waals surface area contributed by atoms with E-state index in [1.807, 2.05) is 6.07 Å². The van der Waals surface area contributed by atoms with Crippen LogP contribution in [-0.2, 0) is 41.1 Å². The number of ether oxygens (including phenoxy) is 1. The van der Waals surface area contributed by atoms with E-state index in [-0.39, 0.29) is 30.1 Å². The van der Waals surface area contributed by atoms with Crippen molar-refractivity contribution in [1.29, 1.82) is 0 Å². The Hall–Kier alpha value is -3.01. The van der Waals surface area contributed by atoms with Gasteiger partial charge in [0.05, 0.1) is 23.0 Å². The summed E-state index contributed by atoms with van der Waals surface area (Å²) in [6, 6.07) is 7.85. The van der Waals surface area contributed by atoms with E-state index < -0.39 is 46.0 Å². The number of benzene rings is 1. The summed E-state index contributed by atoms with van der Waals surface area (Å²) in [7, 11) is -1.65. The molecule has 3 unspecified atom stereocenters. The quantitative estimate of drug-likeness (QED) is 0.483. The maximum Gasteiger partial charge on any atom is 0.352 e. The van der Waals surface area contributed by atoms with Crippen molar-refractivity contribution < 1.29 is 33.2 Å². The van der Waals surface area contributed by atoms with Gasteiger partial charge in [-0.1, -0.05) is 30.3 Å². The van der Waals surface area contributed by atoms with E-state index in [0.29, 0.717) is 0 Å². The number of amides is 2. The van der Waals surface area contributed by atoms with Gasteiger partial charge in [0.2, 0.25) is 5.91 Å². The lowest BCUT2D eigenvalue weighted by molar-refractivity contribution is -0.151. The average Bonchev–Trinajstić information content (AvgIpc) is 2.64. The zero-order valence-electron chi connectivity index (χ0n) is 14.9. The summed E-state index contributed by atoms with van der Waals surface area (Å²) < 4.78 is 17.4. The summed E-state index contributed by atoms with van der Waals surface area (Å²) in [5.74, 6) is -3.24. The fourth-order valence-corrected chi connectivity index (χ4v) is 4.83. The summed E-state index contributed by atoms with van der Waals surface area (Å²) in [4.78, 5) is 48.3. The highest BCUT2D eigenvalue weighted by atomic mass is 32.2. The second kappa shape index (κ2) is 7.93. The van der Waals surface area contributed by atoms with E-state index >= 15 is 0 Å². The minimum Gasteiger partial charge on any atom is -0.477 e. The smallest absolute Gasteiger partial charge is 0.352 e. The van der Waals surface area contributed by atoms with Crippen LogP contribution < -0.4 is 5.32 Å². The topological polar surface area (TPSA) is 130 Å². The van der Waals surface area contributed by atoms with Gasteiger partial charge in [0.15, 0.2) is 0 Å². The van der Waals surface area contributed by atoms with Gasteiger partial charge in [-0.3, -0.25) is 23.5 Å². The SMILES string of the molecule is CC(=O)OCC1=C(C(=O)O)N2C(=O)C(NC(=O)Cc3ccccc3)C2S(=O)C1. The minimum absolute atomic E-state index is 0.0449. The molecule has 10 heteroatoms. The van der Waals surface area contributed by atoms with Crippen molar-refractivity contribution in [3.63, 3.8) is 0 Å². The highest BCUT2D eigenvalue weighted by Crippen LogP contribution is 2.35. The van der Waals surface area contributed by atoms with Gasteiger partial charge in [-0.2, -0.15) is 0 Å². The zero-order chi connectivity index (χ0) is 20.4. The molecular weight excluding hydrogens is 388 g/mol. The molecule has 3 rings (SSSR count). The van der Waals surface area contributed by atoms with Crippen molar-refractivity contribution >= 4 is 34.6 Å². The van der Waals surface area contributed by atoms with E-state index in [4.69, 9.17) is 4.74 Å². The number of carboxylic acid groups (broad SMARTS) is 1. The van der Waals surface area contributed by atoms with Gasteiger partial charge in [0.1, 0.15) is 23.7 Å².